The standard InChI is InChI=1S/C10H17N3O.ClH/c1-7(2)5-8(12)9(14)13-10(6-11)3-4-10;/h7-8H,3-5,12H2,1-2H3,(H,13,14);1H/t8-;/m0./s1. The predicted octanol–water partition coefficient (Wildman–Crippen LogP) is 0.954. The fourth-order valence-electron chi connectivity index (χ4n) is 1.33. The van der Waals surface area contributed by atoms with Crippen molar-refractivity contribution in [2.45, 2.75) is 44.7 Å². The van der Waals surface area contributed by atoms with Crippen LogP contribution in [-0.2, 0) is 4.79 Å². The number of nitrogens with two attached hydrogens (primary N) is 1. The highest BCUT2D eigenvalue weighted by Gasteiger charge is 2.45. The normalized spacial score (nSPS) is 18.6. The summed E-state index contributed by atoms with van der Waals surface area (Å²) in [6, 6.07) is 1.62. The maximum absolute atomic E-state index is 11.5. The van der Waals surface area contributed by atoms with Gasteiger partial charge in [-0.25, -0.2) is 0 Å². The second-order valence-corrected chi connectivity index (χ2v) is 4.42. The summed E-state index contributed by atoms with van der Waals surface area (Å²) in [5.41, 5.74) is 5.09. The Morgan fingerprint density at radius 2 is 2.13 bits per heavy atom. The van der Waals surface area contributed by atoms with Gasteiger partial charge in [-0.3, -0.25) is 4.79 Å². The molecule has 1 rings (SSSR count). The molecule has 1 fully saturated rings. The largest absolute Gasteiger partial charge is 0.336 e. The van der Waals surface area contributed by atoms with Crippen molar-refractivity contribution in [3.05, 3.63) is 0 Å². The van der Waals surface area contributed by atoms with Crippen LogP contribution < -0.4 is 11.1 Å². The summed E-state index contributed by atoms with van der Waals surface area (Å²) in [6.07, 6.45) is 2.17. The first-order chi connectivity index (χ1) is 6.49. The van der Waals surface area contributed by atoms with Crippen LogP contribution in [0.3, 0.4) is 0 Å². The van der Waals surface area contributed by atoms with Gasteiger partial charge in [-0.2, -0.15) is 5.26 Å². The number of rotatable bonds is 4. The molecule has 3 N–H and O–H groups in total. The van der Waals surface area contributed by atoms with E-state index in [1.165, 1.54) is 0 Å². The number of nitrogens with one attached hydrogen (secondary N) is 1. The third kappa shape index (κ3) is 4.06. The summed E-state index contributed by atoms with van der Waals surface area (Å²) in [6.45, 7) is 4.04. The van der Waals surface area contributed by atoms with Crippen LogP contribution in [0.15, 0.2) is 0 Å². The molecule has 0 aromatic carbocycles. The average Bonchev–Trinajstić information content (AvgIpc) is 2.84. The van der Waals surface area contributed by atoms with E-state index < -0.39 is 11.6 Å². The highest BCUT2D eigenvalue weighted by molar-refractivity contribution is 5.85. The summed E-state index contributed by atoms with van der Waals surface area (Å²) in [4.78, 5) is 11.5. The van der Waals surface area contributed by atoms with Gasteiger partial charge in [0.1, 0.15) is 5.54 Å². The van der Waals surface area contributed by atoms with Crippen molar-refractivity contribution < 1.29 is 4.79 Å². The highest BCUT2D eigenvalue weighted by Crippen LogP contribution is 2.34. The Morgan fingerprint density at radius 1 is 1.60 bits per heavy atom. The summed E-state index contributed by atoms with van der Waals surface area (Å²) in [5.74, 6) is 0.200. The number of hydrogen-bond acceptors (Lipinski definition) is 3. The number of halogens is 1. The number of hydrogen-bond donors (Lipinski definition) is 2. The van der Waals surface area contributed by atoms with Crippen LogP contribution in [0.25, 0.3) is 0 Å². The van der Waals surface area contributed by atoms with Crippen molar-refractivity contribution in [1.29, 1.82) is 5.26 Å². The zero-order chi connectivity index (χ0) is 10.8. The molecule has 15 heavy (non-hydrogen) atoms. The molecule has 1 aliphatic carbocycles. The van der Waals surface area contributed by atoms with Crippen molar-refractivity contribution >= 4 is 18.3 Å². The van der Waals surface area contributed by atoms with E-state index in [9.17, 15) is 4.79 Å². The van der Waals surface area contributed by atoms with Gasteiger partial charge in [-0.05, 0) is 25.2 Å². The molecule has 0 aliphatic heterocycles. The molecular formula is C10H18ClN3O. The number of carbonyl (C=O) groups excluding carboxylic acids is 1. The summed E-state index contributed by atoms with van der Waals surface area (Å²) < 4.78 is 0. The summed E-state index contributed by atoms with van der Waals surface area (Å²) in [7, 11) is 0. The molecule has 5 heteroatoms. The smallest absolute Gasteiger partial charge is 0.238 e. The van der Waals surface area contributed by atoms with E-state index in [2.05, 4.69) is 11.4 Å². The van der Waals surface area contributed by atoms with Gasteiger partial charge in [0.05, 0.1) is 12.1 Å². The van der Waals surface area contributed by atoms with Crippen LogP contribution in [0.5, 0.6) is 0 Å². The zero-order valence-corrected chi connectivity index (χ0v) is 9.93. The molecule has 0 aromatic rings. The highest BCUT2D eigenvalue weighted by atomic mass is 35.5. The van der Waals surface area contributed by atoms with Crippen molar-refractivity contribution in [3.8, 4) is 6.07 Å². The van der Waals surface area contributed by atoms with Gasteiger partial charge in [0.25, 0.3) is 0 Å². The van der Waals surface area contributed by atoms with E-state index in [1.807, 2.05) is 13.8 Å². The van der Waals surface area contributed by atoms with Gasteiger partial charge < -0.3 is 11.1 Å². The van der Waals surface area contributed by atoms with E-state index in [1.54, 1.807) is 0 Å². The average molecular weight is 232 g/mol. The Hall–Kier alpha value is -0.790. The van der Waals surface area contributed by atoms with Crippen LogP contribution >= 0.6 is 12.4 Å². The summed E-state index contributed by atoms with van der Waals surface area (Å²) >= 11 is 0. The lowest BCUT2D eigenvalue weighted by Gasteiger charge is -2.16. The fraction of sp³-hybridized carbons (Fsp3) is 0.800. The third-order valence-electron chi connectivity index (χ3n) is 2.39. The zero-order valence-electron chi connectivity index (χ0n) is 9.12. The second-order valence-electron chi connectivity index (χ2n) is 4.42. The van der Waals surface area contributed by atoms with Gasteiger partial charge in [0.2, 0.25) is 5.91 Å². The molecule has 1 amide bonds. The number of nitrogens with zero attached hydrogens (tertiary/aromatic N) is 1. The molecule has 0 saturated heterocycles. The summed E-state index contributed by atoms with van der Waals surface area (Å²) in [5, 5.41) is 11.5. The SMILES string of the molecule is CC(C)C[C@H](N)C(=O)NC1(C#N)CC1.Cl. The minimum atomic E-state index is -0.592. The molecular weight excluding hydrogens is 214 g/mol. The van der Waals surface area contributed by atoms with Gasteiger partial charge in [-0.15, -0.1) is 12.4 Å². The lowest BCUT2D eigenvalue weighted by atomic mass is 10.0. The molecule has 0 aromatic heterocycles. The Bertz CT molecular complexity index is 268. The number of carbonyl (C=O) groups is 1. The maximum Gasteiger partial charge on any atom is 0.238 e. The van der Waals surface area contributed by atoms with Gasteiger partial charge in [0, 0.05) is 0 Å². The van der Waals surface area contributed by atoms with E-state index in [4.69, 9.17) is 11.0 Å². The van der Waals surface area contributed by atoms with Crippen LogP contribution in [0.2, 0.25) is 0 Å². The van der Waals surface area contributed by atoms with Gasteiger partial charge in [-0.1, -0.05) is 13.8 Å². The predicted molar refractivity (Wildman–Crippen MR) is 60.4 cm³/mol. The molecule has 1 atom stereocenters. The van der Waals surface area contributed by atoms with Crippen LogP contribution in [0.4, 0.5) is 0 Å². The molecule has 4 nitrogen and oxygen atoms in total. The van der Waals surface area contributed by atoms with Gasteiger partial charge >= 0.3 is 0 Å². The fourth-order valence-corrected chi connectivity index (χ4v) is 1.33. The van der Waals surface area contributed by atoms with Crippen LogP contribution in [0, 0.1) is 17.2 Å². The van der Waals surface area contributed by atoms with Gasteiger partial charge in [0.15, 0.2) is 0 Å². The molecule has 86 valence electrons. The number of nitriles is 1. The lowest BCUT2D eigenvalue weighted by molar-refractivity contribution is -0.123. The maximum atomic E-state index is 11.5. The Kier molecular flexibility index (Phi) is 5.06. The molecule has 0 spiro atoms. The first-order valence-electron chi connectivity index (χ1n) is 4.98. The quantitative estimate of drug-likeness (QED) is 0.756. The minimum Gasteiger partial charge on any atom is -0.336 e. The van der Waals surface area contributed by atoms with Crippen molar-refractivity contribution in [2.75, 3.05) is 0 Å². The molecule has 0 bridgehead atoms. The molecule has 0 radical (unpaired) electrons. The van der Waals surface area contributed by atoms with E-state index in [0.717, 1.165) is 12.8 Å². The van der Waals surface area contributed by atoms with Crippen molar-refractivity contribution in [2.24, 2.45) is 11.7 Å². The van der Waals surface area contributed by atoms with Crippen molar-refractivity contribution in [3.63, 3.8) is 0 Å². The van der Waals surface area contributed by atoms with Crippen LogP contribution in [-0.4, -0.2) is 17.5 Å². The Labute approximate surface area is 96.6 Å². The van der Waals surface area contributed by atoms with Crippen molar-refractivity contribution in [1.82, 2.24) is 5.32 Å². The first kappa shape index (κ1) is 14.2. The van der Waals surface area contributed by atoms with E-state index in [0.29, 0.717) is 12.3 Å². The molecule has 0 heterocycles. The molecule has 1 saturated carbocycles. The lowest BCUT2D eigenvalue weighted by Crippen LogP contribution is -2.46. The molecule has 0 unspecified atom stereocenters. The van der Waals surface area contributed by atoms with E-state index in [-0.39, 0.29) is 18.3 Å². The monoisotopic (exact) mass is 231 g/mol. The van der Waals surface area contributed by atoms with Crippen LogP contribution in [0.1, 0.15) is 33.1 Å². The first-order valence-corrected chi connectivity index (χ1v) is 4.98. The molecule has 1 aliphatic rings. The Balaban J connectivity index is 0.00000196. The topological polar surface area (TPSA) is 78.9 Å². The second kappa shape index (κ2) is 5.34. The number of amides is 1. The Morgan fingerprint density at radius 3 is 2.47 bits per heavy atom. The third-order valence-corrected chi connectivity index (χ3v) is 2.39. The minimum absolute atomic E-state index is 0. The van der Waals surface area contributed by atoms with E-state index >= 15 is 0 Å².